The Morgan fingerprint density at radius 2 is 1.71 bits per heavy atom. The predicted molar refractivity (Wildman–Crippen MR) is 113 cm³/mol. The van der Waals surface area contributed by atoms with Crippen molar-refractivity contribution >= 4 is 23.8 Å². The first-order valence-electron chi connectivity index (χ1n) is 10.3. The Labute approximate surface area is 182 Å². The van der Waals surface area contributed by atoms with Crippen LogP contribution in [0.4, 0.5) is 4.79 Å². The van der Waals surface area contributed by atoms with Crippen molar-refractivity contribution in [1.29, 1.82) is 0 Å². The van der Waals surface area contributed by atoms with Gasteiger partial charge in [-0.25, -0.2) is 9.59 Å². The number of Topliss-reactive ketones (excluding diaryl/α,β-unsaturated/α-hetero) is 1. The SMILES string of the molecule is CC(C)(C)OC(=O)c1ccc(C(=O)CNC(=O)[C@@H]2CCCN2C(=O)OC(C)(C)C)nc1. The number of carbonyl (C=O) groups is 4. The number of amides is 2. The van der Waals surface area contributed by atoms with Crippen LogP contribution in [-0.2, 0) is 14.3 Å². The second-order valence-corrected chi connectivity index (χ2v) is 9.41. The van der Waals surface area contributed by atoms with Crippen molar-refractivity contribution in [2.45, 2.75) is 71.6 Å². The fourth-order valence-corrected chi connectivity index (χ4v) is 2.97. The molecule has 1 N–H and O–H groups in total. The van der Waals surface area contributed by atoms with Gasteiger partial charge < -0.3 is 14.8 Å². The lowest BCUT2D eigenvalue weighted by Crippen LogP contribution is -2.48. The lowest BCUT2D eigenvalue weighted by molar-refractivity contribution is -0.125. The number of esters is 1. The first-order valence-corrected chi connectivity index (χ1v) is 10.3. The number of aromatic nitrogens is 1. The molecule has 0 aliphatic carbocycles. The molecule has 0 radical (unpaired) electrons. The minimum absolute atomic E-state index is 0.114. The molecule has 9 heteroatoms. The molecule has 0 unspecified atom stereocenters. The van der Waals surface area contributed by atoms with Crippen LogP contribution in [0.15, 0.2) is 18.3 Å². The third-order valence-corrected chi connectivity index (χ3v) is 4.29. The standard InChI is InChI=1S/C22H31N3O6/c1-21(2,3)30-19(28)14-9-10-15(23-12-14)17(26)13-24-18(27)16-8-7-11-25(16)20(29)31-22(4,5)6/h9-10,12,16H,7-8,11,13H2,1-6H3,(H,24,27)/t16-/m0/s1. The smallest absolute Gasteiger partial charge is 0.410 e. The molecule has 2 amide bonds. The third kappa shape index (κ3) is 7.34. The van der Waals surface area contributed by atoms with Gasteiger partial charge in [0.15, 0.2) is 5.78 Å². The average molecular weight is 434 g/mol. The number of likely N-dealkylation sites (tertiary alicyclic amines) is 1. The number of pyridine rings is 1. The Kier molecular flexibility index (Phi) is 7.41. The Bertz CT molecular complexity index is 836. The number of hydrogen-bond donors (Lipinski definition) is 1. The first-order chi connectivity index (χ1) is 14.3. The van der Waals surface area contributed by atoms with Crippen LogP contribution in [0, 0.1) is 0 Å². The van der Waals surface area contributed by atoms with E-state index in [1.807, 2.05) is 0 Å². The van der Waals surface area contributed by atoms with Crippen LogP contribution < -0.4 is 5.32 Å². The highest BCUT2D eigenvalue weighted by atomic mass is 16.6. The summed E-state index contributed by atoms with van der Waals surface area (Å²) in [6.45, 7) is 10.7. The zero-order chi connectivity index (χ0) is 23.4. The molecule has 0 saturated carbocycles. The van der Waals surface area contributed by atoms with E-state index in [0.717, 1.165) is 0 Å². The van der Waals surface area contributed by atoms with E-state index in [1.165, 1.54) is 23.2 Å². The molecule has 1 aliphatic heterocycles. The molecular formula is C22H31N3O6. The quantitative estimate of drug-likeness (QED) is 0.561. The van der Waals surface area contributed by atoms with Crippen molar-refractivity contribution in [1.82, 2.24) is 15.2 Å². The fraction of sp³-hybridized carbons (Fsp3) is 0.591. The average Bonchev–Trinajstić information content (AvgIpc) is 3.13. The van der Waals surface area contributed by atoms with Gasteiger partial charge in [0.25, 0.3) is 0 Å². The summed E-state index contributed by atoms with van der Waals surface area (Å²) in [6.07, 6.45) is 1.90. The molecule has 2 heterocycles. The maximum Gasteiger partial charge on any atom is 0.410 e. The first kappa shape index (κ1) is 24.3. The molecule has 1 atom stereocenters. The number of nitrogens with one attached hydrogen (secondary N) is 1. The zero-order valence-electron chi connectivity index (χ0n) is 19.0. The second-order valence-electron chi connectivity index (χ2n) is 9.41. The Balaban J connectivity index is 1.92. The molecule has 1 aliphatic rings. The molecule has 31 heavy (non-hydrogen) atoms. The van der Waals surface area contributed by atoms with Crippen LogP contribution in [-0.4, -0.2) is 64.0 Å². The zero-order valence-corrected chi connectivity index (χ0v) is 19.0. The van der Waals surface area contributed by atoms with Crippen LogP contribution in [0.2, 0.25) is 0 Å². The van der Waals surface area contributed by atoms with Crippen molar-refractivity contribution in [3.05, 3.63) is 29.6 Å². The summed E-state index contributed by atoms with van der Waals surface area (Å²) in [4.78, 5) is 54.7. The molecule has 1 saturated heterocycles. The molecule has 0 spiro atoms. The summed E-state index contributed by atoms with van der Waals surface area (Å²) in [5, 5.41) is 2.57. The summed E-state index contributed by atoms with van der Waals surface area (Å²) in [7, 11) is 0. The largest absolute Gasteiger partial charge is 0.456 e. The fourth-order valence-electron chi connectivity index (χ4n) is 2.97. The Hall–Kier alpha value is -2.97. The summed E-state index contributed by atoms with van der Waals surface area (Å²) in [5.41, 5.74) is -0.950. The van der Waals surface area contributed by atoms with E-state index in [0.29, 0.717) is 19.4 Å². The lowest BCUT2D eigenvalue weighted by atomic mass is 10.1. The van der Waals surface area contributed by atoms with E-state index < -0.39 is 41.0 Å². The number of nitrogens with zero attached hydrogens (tertiary/aromatic N) is 2. The van der Waals surface area contributed by atoms with Gasteiger partial charge in [-0.05, 0) is 66.5 Å². The maximum atomic E-state index is 12.5. The number of ketones is 1. The van der Waals surface area contributed by atoms with Crippen LogP contribution >= 0.6 is 0 Å². The number of ether oxygens (including phenoxy) is 2. The molecule has 9 nitrogen and oxygen atoms in total. The van der Waals surface area contributed by atoms with Crippen LogP contribution in [0.3, 0.4) is 0 Å². The van der Waals surface area contributed by atoms with Crippen molar-refractivity contribution in [2.75, 3.05) is 13.1 Å². The normalized spacial score (nSPS) is 16.6. The highest BCUT2D eigenvalue weighted by Gasteiger charge is 2.36. The van der Waals surface area contributed by atoms with Gasteiger partial charge in [0.1, 0.15) is 22.9 Å². The Morgan fingerprint density at radius 1 is 1.06 bits per heavy atom. The summed E-state index contributed by atoms with van der Waals surface area (Å²) in [6, 6.07) is 2.19. The summed E-state index contributed by atoms with van der Waals surface area (Å²) >= 11 is 0. The van der Waals surface area contributed by atoms with Gasteiger partial charge in [-0.15, -0.1) is 0 Å². The third-order valence-electron chi connectivity index (χ3n) is 4.29. The number of rotatable bonds is 5. The molecular weight excluding hydrogens is 402 g/mol. The van der Waals surface area contributed by atoms with Crippen molar-refractivity contribution in [3.63, 3.8) is 0 Å². The minimum Gasteiger partial charge on any atom is -0.456 e. The Morgan fingerprint density at radius 3 is 2.26 bits per heavy atom. The van der Waals surface area contributed by atoms with Gasteiger partial charge in [-0.2, -0.15) is 0 Å². The molecule has 0 bridgehead atoms. The van der Waals surface area contributed by atoms with Gasteiger partial charge in [0, 0.05) is 12.7 Å². The van der Waals surface area contributed by atoms with E-state index in [9.17, 15) is 19.2 Å². The van der Waals surface area contributed by atoms with Crippen molar-refractivity contribution in [3.8, 4) is 0 Å². The molecule has 1 aromatic rings. The van der Waals surface area contributed by atoms with Crippen LogP contribution in [0.1, 0.15) is 75.2 Å². The summed E-state index contributed by atoms with van der Waals surface area (Å²) < 4.78 is 10.6. The van der Waals surface area contributed by atoms with E-state index in [1.54, 1.807) is 41.5 Å². The van der Waals surface area contributed by atoms with E-state index >= 15 is 0 Å². The number of carbonyl (C=O) groups excluding carboxylic acids is 4. The van der Waals surface area contributed by atoms with Gasteiger partial charge in [-0.1, -0.05) is 0 Å². The van der Waals surface area contributed by atoms with E-state index in [-0.39, 0.29) is 17.8 Å². The van der Waals surface area contributed by atoms with Crippen molar-refractivity contribution < 1.29 is 28.7 Å². The van der Waals surface area contributed by atoms with Crippen LogP contribution in [0.25, 0.3) is 0 Å². The highest BCUT2D eigenvalue weighted by Crippen LogP contribution is 2.21. The molecule has 2 rings (SSSR count). The van der Waals surface area contributed by atoms with Crippen LogP contribution in [0.5, 0.6) is 0 Å². The molecule has 1 aromatic heterocycles. The van der Waals surface area contributed by atoms with Gasteiger partial charge in [0.05, 0.1) is 12.1 Å². The lowest BCUT2D eigenvalue weighted by Gasteiger charge is -2.27. The molecule has 0 aromatic carbocycles. The monoisotopic (exact) mass is 433 g/mol. The van der Waals surface area contributed by atoms with Gasteiger partial charge in [-0.3, -0.25) is 19.5 Å². The second kappa shape index (κ2) is 9.45. The number of hydrogen-bond acceptors (Lipinski definition) is 7. The predicted octanol–water partition coefficient (Wildman–Crippen LogP) is 2.74. The topological polar surface area (TPSA) is 115 Å². The van der Waals surface area contributed by atoms with Gasteiger partial charge >= 0.3 is 12.1 Å². The van der Waals surface area contributed by atoms with Crippen molar-refractivity contribution in [2.24, 2.45) is 0 Å². The molecule has 170 valence electrons. The van der Waals surface area contributed by atoms with E-state index in [4.69, 9.17) is 9.47 Å². The molecule has 1 fully saturated rings. The van der Waals surface area contributed by atoms with Gasteiger partial charge in [0.2, 0.25) is 5.91 Å². The summed E-state index contributed by atoms with van der Waals surface area (Å²) in [5.74, 6) is -1.36. The van der Waals surface area contributed by atoms with E-state index in [2.05, 4.69) is 10.3 Å². The maximum absolute atomic E-state index is 12.5. The minimum atomic E-state index is -0.676. The highest BCUT2D eigenvalue weighted by molar-refractivity contribution is 5.99.